The first-order valence-electron chi connectivity index (χ1n) is 5.69. The zero-order valence-corrected chi connectivity index (χ0v) is 11.5. The van der Waals surface area contributed by atoms with E-state index in [1.807, 2.05) is 30.3 Å². The van der Waals surface area contributed by atoms with Crippen LogP contribution in [-0.2, 0) is 0 Å². The minimum atomic E-state index is 0.864. The highest BCUT2D eigenvalue weighted by atomic mass is 79.9. The number of aromatic nitrogens is 1. The van der Waals surface area contributed by atoms with E-state index in [-0.39, 0.29) is 0 Å². The Balaban J connectivity index is 2.17. The Bertz CT molecular complexity index is 703. The molecule has 0 radical (unpaired) electrons. The summed E-state index contributed by atoms with van der Waals surface area (Å²) in [4.78, 5) is 3.42. The van der Waals surface area contributed by atoms with Crippen molar-refractivity contribution in [2.24, 2.45) is 0 Å². The molecule has 3 heteroatoms. The van der Waals surface area contributed by atoms with Crippen LogP contribution in [0.4, 0.5) is 0 Å². The second-order valence-electron chi connectivity index (χ2n) is 4.12. The standard InChI is InChI=1S/C15H12BrNO/c1-18-11-7-6-10-8-15(17-14(10)9-11)12-4-2-3-5-13(12)16/h2-9,17H,1H3. The molecule has 18 heavy (non-hydrogen) atoms. The molecule has 0 aliphatic rings. The van der Waals surface area contributed by atoms with Crippen LogP contribution in [0.25, 0.3) is 22.2 Å². The Kier molecular flexibility index (Phi) is 2.84. The molecule has 3 rings (SSSR count). The van der Waals surface area contributed by atoms with Gasteiger partial charge in [-0.1, -0.05) is 34.1 Å². The topological polar surface area (TPSA) is 25.0 Å². The first-order valence-corrected chi connectivity index (χ1v) is 6.49. The summed E-state index contributed by atoms with van der Waals surface area (Å²) in [6.07, 6.45) is 0. The molecule has 0 saturated carbocycles. The van der Waals surface area contributed by atoms with E-state index in [4.69, 9.17) is 4.74 Å². The van der Waals surface area contributed by atoms with E-state index in [1.165, 1.54) is 5.39 Å². The van der Waals surface area contributed by atoms with Crippen LogP contribution in [0.2, 0.25) is 0 Å². The van der Waals surface area contributed by atoms with Crippen LogP contribution in [-0.4, -0.2) is 12.1 Å². The second kappa shape index (κ2) is 4.50. The Hall–Kier alpha value is -1.74. The SMILES string of the molecule is COc1ccc2cc(-c3ccccc3Br)[nH]c2c1. The van der Waals surface area contributed by atoms with Gasteiger partial charge in [-0.25, -0.2) is 0 Å². The fourth-order valence-corrected chi connectivity index (χ4v) is 2.56. The molecule has 0 fully saturated rings. The number of rotatable bonds is 2. The molecule has 2 nitrogen and oxygen atoms in total. The van der Waals surface area contributed by atoms with Gasteiger partial charge in [-0.3, -0.25) is 0 Å². The number of H-pyrrole nitrogens is 1. The minimum Gasteiger partial charge on any atom is -0.497 e. The Morgan fingerprint density at radius 2 is 1.89 bits per heavy atom. The van der Waals surface area contributed by atoms with E-state index in [2.05, 4.69) is 39.1 Å². The van der Waals surface area contributed by atoms with Crippen LogP contribution in [0.1, 0.15) is 0 Å². The lowest BCUT2D eigenvalue weighted by atomic mass is 10.1. The average molecular weight is 302 g/mol. The molecular formula is C15H12BrNO. The summed E-state index contributed by atoms with van der Waals surface area (Å²) in [6.45, 7) is 0. The number of hydrogen-bond donors (Lipinski definition) is 1. The number of aromatic amines is 1. The summed E-state index contributed by atoms with van der Waals surface area (Å²) >= 11 is 3.57. The van der Waals surface area contributed by atoms with Gasteiger partial charge in [-0.05, 0) is 24.3 Å². The summed E-state index contributed by atoms with van der Waals surface area (Å²) in [7, 11) is 1.68. The third-order valence-electron chi connectivity index (χ3n) is 2.99. The minimum absolute atomic E-state index is 0.864. The second-order valence-corrected chi connectivity index (χ2v) is 4.97. The van der Waals surface area contributed by atoms with Crippen molar-refractivity contribution in [3.63, 3.8) is 0 Å². The van der Waals surface area contributed by atoms with Gasteiger partial charge in [0.1, 0.15) is 5.75 Å². The third-order valence-corrected chi connectivity index (χ3v) is 3.69. The lowest BCUT2D eigenvalue weighted by molar-refractivity contribution is 0.415. The normalized spacial score (nSPS) is 10.8. The molecular weight excluding hydrogens is 290 g/mol. The van der Waals surface area contributed by atoms with E-state index < -0.39 is 0 Å². The summed E-state index contributed by atoms with van der Waals surface area (Å²) in [6, 6.07) is 16.4. The van der Waals surface area contributed by atoms with Crippen molar-refractivity contribution in [2.75, 3.05) is 7.11 Å². The molecule has 90 valence electrons. The van der Waals surface area contributed by atoms with E-state index in [0.717, 1.165) is 27.0 Å². The Morgan fingerprint density at radius 3 is 2.67 bits per heavy atom. The summed E-state index contributed by atoms with van der Waals surface area (Å²) in [5.74, 6) is 0.864. The van der Waals surface area contributed by atoms with Gasteiger partial charge >= 0.3 is 0 Å². The van der Waals surface area contributed by atoms with Crippen LogP contribution in [0.5, 0.6) is 5.75 Å². The van der Waals surface area contributed by atoms with Crippen molar-refractivity contribution in [3.8, 4) is 17.0 Å². The van der Waals surface area contributed by atoms with Crippen LogP contribution in [0.3, 0.4) is 0 Å². The third kappa shape index (κ3) is 1.91. The molecule has 0 atom stereocenters. The fourth-order valence-electron chi connectivity index (χ4n) is 2.06. The molecule has 0 spiro atoms. The van der Waals surface area contributed by atoms with Gasteiger partial charge < -0.3 is 9.72 Å². The quantitative estimate of drug-likeness (QED) is 0.735. The Labute approximate surface area is 114 Å². The van der Waals surface area contributed by atoms with Gasteiger partial charge in [0.2, 0.25) is 0 Å². The van der Waals surface area contributed by atoms with Crippen LogP contribution in [0.15, 0.2) is 53.0 Å². The number of fused-ring (bicyclic) bond motifs is 1. The Morgan fingerprint density at radius 1 is 1.06 bits per heavy atom. The van der Waals surface area contributed by atoms with Gasteiger partial charge in [0.25, 0.3) is 0 Å². The first kappa shape index (κ1) is 11.4. The molecule has 1 heterocycles. The molecule has 1 N–H and O–H groups in total. The van der Waals surface area contributed by atoms with Crippen LogP contribution < -0.4 is 4.74 Å². The molecule has 0 amide bonds. The largest absolute Gasteiger partial charge is 0.497 e. The van der Waals surface area contributed by atoms with Gasteiger partial charge in [-0.2, -0.15) is 0 Å². The first-order chi connectivity index (χ1) is 8.78. The maximum Gasteiger partial charge on any atom is 0.120 e. The summed E-state index contributed by atoms with van der Waals surface area (Å²) in [5.41, 5.74) is 3.35. The van der Waals surface area contributed by atoms with Crippen molar-refractivity contribution < 1.29 is 4.74 Å². The highest BCUT2D eigenvalue weighted by Gasteiger charge is 2.06. The maximum atomic E-state index is 5.23. The van der Waals surface area contributed by atoms with Crippen molar-refractivity contribution in [3.05, 3.63) is 53.0 Å². The van der Waals surface area contributed by atoms with Gasteiger partial charge in [-0.15, -0.1) is 0 Å². The van der Waals surface area contributed by atoms with Crippen molar-refractivity contribution in [1.29, 1.82) is 0 Å². The van der Waals surface area contributed by atoms with Gasteiger partial charge in [0, 0.05) is 32.7 Å². The number of methoxy groups -OCH3 is 1. The lowest BCUT2D eigenvalue weighted by Gasteiger charge is -2.00. The molecule has 0 saturated heterocycles. The molecule has 1 aromatic heterocycles. The molecule has 0 aliphatic heterocycles. The lowest BCUT2D eigenvalue weighted by Crippen LogP contribution is -1.81. The van der Waals surface area contributed by atoms with Crippen molar-refractivity contribution in [2.45, 2.75) is 0 Å². The zero-order chi connectivity index (χ0) is 12.5. The molecule has 3 aromatic rings. The zero-order valence-electron chi connectivity index (χ0n) is 9.91. The average Bonchev–Trinajstić information content (AvgIpc) is 2.81. The maximum absolute atomic E-state index is 5.23. The predicted molar refractivity (Wildman–Crippen MR) is 78.0 cm³/mol. The smallest absolute Gasteiger partial charge is 0.120 e. The molecule has 2 aromatic carbocycles. The van der Waals surface area contributed by atoms with Crippen molar-refractivity contribution in [1.82, 2.24) is 4.98 Å². The number of nitrogens with one attached hydrogen (secondary N) is 1. The summed E-state index contributed by atoms with van der Waals surface area (Å²) < 4.78 is 6.32. The molecule has 0 unspecified atom stereocenters. The number of ether oxygens (including phenoxy) is 1. The highest BCUT2D eigenvalue weighted by molar-refractivity contribution is 9.10. The van der Waals surface area contributed by atoms with E-state index in [9.17, 15) is 0 Å². The van der Waals surface area contributed by atoms with Gasteiger partial charge in [0.05, 0.1) is 7.11 Å². The number of hydrogen-bond acceptors (Lipinski definition) is 1. The number of benzene rings is 2. The molecule has 0 bridgehead atoms. The van der Waals surface area contributed by atoms with Crippen LogP contribution in [0, 0.1) is 0 Å². The fraction of sp³-hybridized carbons (Fsp3) is 0.0667. The molecule has 0 aliphatic carbocycles. The summed E-state index contributed by atoms with van der Waals surface area (Å²) in [5, 5.41) is 1.18. The predicted octanol–water partition coefficient (Wildman–Crippen LogP) is 4.61. The number of halogens is 1. The van der Waals surface area contributed by atoms with Gasteiger partial charge in [0.15, 0.2) is 0 Å². The van der Waals surface area contributed by atoms with E-state index in [0.29, 0.717) is 0 Å². The monoisotopic (exact) mass is 301 g/mol. The van der Waals surface area contributed by atoms with E-state index >= 15 is 0 Å². The van der Waals surface area contributed by atoms with E-state index in [1.54, 1.807) is 7.11 Å². The van der Waals surface area contributed by atoms with Crippen molar-refractivity contribution >= 4 is 26.8 Å². The van der Waals surface area contributed by atoms with Crippen LogP contribution >= 0.6 is 15.9 Å². The highest BCUT2D eigenvalue weighted by Crippen LogP contribution is 2.31.